The minimum absolute atomic E-state index is 0.00665. The van der Waals surface area contributed by atoms with Gasteiger partial charge in [0.15, 0.2) is 0 Å². The Morgan fingerprint density at radius 3 is 2.60 bits per heavy atom. The lowest BCUT2D eigenvalue weighted by molar-refractivity contribution is -0.151. The van der Waals surface area contributed by atoms with Gasteiger partial charge in [0.2, 0.25) is 5.91 Å². The largest absolute Gasteiger partial charge is 0.416 e. The maximum atomic E-state index is 13.4. The number of piperidine rings is 1. The van der Waals surface area contributed by atoms with Crippen molar-refractivity contribution in [3.05, 3.63) is 82.4 Å². The highest BCUT2D eigenvalue weighted by atomic mass is 35.5. The van der Waals surface area contributed by atoms with Gasteiger partial charge in [-0.2, -0.15) is 13.2 Å². The van der Waals surface area contributed by atoms with Gasteiger partial charge in [0, 0.05) is 29.9 Å². The summed E-state index contributed by atoms with van der Waals surface area (Å²) in [6.45, 7) is 0.646. The molecule has 0 radical (unpaired) electrons. The first-order chi connectivity index (χ1) is 20.1. The number of ether oxygens (including phenoxy) is 1. The maximum Gasteiger partial charge on any atom is 0.416 e. The van der Waals surface area contributed by atoms with Gasteiger partial charge in [0.05, 0.1) is 23.4 Å². The number of hydrogen-bond donors (Lipinski definition) is 1. The lowest BCUT2D eigenvalue weighted by Crippen LogP contribution is -2.54. The Balaban J connectivity index is 1.16. The molecule has 2 aromatic heterocycles. The molecular weight excluding hydrogens is 567 g/mol. The van der Waals surface area contributed by atoms with E-state index in [-0.39, 0.29) is 35.9 Å². The van der Waals surface area contributed by atoms with Crippen LogP contribution in [0.3, 0.4) is 0 Å². The first kappa shape index (κ1) is 26.0. The third-order valence-corrected chi connectivity index (χ3v) is 10.1. The number of nitrogens with two attached hydrogens (primary N) is 1. The van der Waals surface area contributed by atoms with E-state index in [4.69, 9.17) is 27.1 Å². The number of alkyl halides is 3. The Hall–Kier alpha value is -3.63. The molecule has 42 heavy (non-hydrogen) atoms. The molecule has 4 heterocycles. The lowest BCUT2D eigenvalue weighted by atomic mass is 9.86. The number of halogens is 4. The van der Waals surface area contributed by atoms with E-state index in [0.29, 0.717) is 28.5 Å². The SMILES string of the molecule is Nc1ncc(Cl)n2c([C@H]3CCC45CC4OCC(=O)N5C3)nc(-c3ccc(C4(c5cccc(C(F)(F)F)c5)CC4)cc3)c12. The molecule has 1 amide bonds. The van der Waals surface area contributed by atoms with Crippen LogP contribution in [0.25, 0.3) is 16.8 Å². The van der Waals surface area contributed by atoms with E-state index < -0.39 is 17.2 Å². The van der Waals surface area contributed by atoms with Gasteiger partial charge < -0.3 is 15.4 Å². The first-order valence-corrected chi connectivity index (χ1v) is 14.5. The number of carbonyl (C=O) groups excluding carboxylic acids is 1. The molecule has 2 saturated heterocycles. The van der Waals surface area contributed by atoms with Crippen LogP contribution in [0.5, 0.6) is 0 Å². The van der Waals surface area contributed by atoms with Gasteiger partial charge in [-0.25, -0.2) is 9.97 Å². The molecule has 8 rings (SSSR count). The van der Waals surface area contributed by atoms with Crippen LogP contribution in [0, 0.1) is 0 Å². The molecule has 7 nitrogen and oxygen atoms in total. The number of nitrogen functional groups attached to an aromatic ring is 1. The second kappa shape index (κ2) is 8.70. The lowest BCUT2D eigenvalue weighted by Gasteiger charge is -2.42. The molecule has 1 spiro atoms. The summed E-state index contributed by atoms with van der Waals surface area (Å²) >= 11 is 6.69. The number of morpholine rings is 1. The molecule has 2 unspecified atom stereocenters. The monoisotopic (exact) mass is 593 g/mol. The highest BCUT2D eigenvalue weighted by Crippen LogP contribution is 2.56. The second-order valence-electron chi connectivity index (χ2n) is 12.1. The quantitative estimate of drug-likeness (QED) is 0.315. The van der Waals surface area contributed by atoms with Crippen molar-refractivity contribution in [1.82, 2.24) is 19.3 Å². The van der Waals surface area contributed by atoms with Crippen molar-refractivity contribution in [2.45, 2.75) is 61.3 Å². The van der Waals surface area contributed by atoms with Crippen LogP contribution in [0.1, 0.15) is 60.5 Å². The molecule has 2 aliphatic carbocycles. The van der Waals surface area contributed by atoms with E-state index in [2.05, 4.69) is 4.98 Å². The highest BCUT2D eigenvalue weighted by molar-refractivity contribution is 6.30. The summed E-state index contributed by atoms with van der Waals surface area (Å²) in [5.41, 5.74) is 8.80. The van der Waals surface area contributed by atoms with Crippen molar-refractivity contribution in [1.29, 1.82) is 0 Å². The Morgan fingerprint density at radius 2 is 1.86 bits per heavy atom. The summed E-state index contributed by atoms with van der Waals surface area (Å²) in [6.07, 6.45) is 1.35. The molecule has 4 fully saturated rings. The number of hydrogen-bond acceptors (Lipinski definition) is 5. The van der Waals surface area contributed by atoms with Gasteiger partial charge in [-0.05, 0) is 42.9 Å². The minimum Gasteiger partial charge on any atom is -0.382 e. The van der Waals surface area contributed by atoms with Crippen molar-refractivity contribution in [2.75, 3.05) is 18.9 Å². The van der Waals surface area contributed by atoms with Crippen molar-refractivity contribution in [3.63, 3.8) is 0 Å². The van der Waals surface area contributed by atoms with E-state index in [1.165, 1.54) is 18.3 Å². The molecule has 0 bridgehead atoms. The van der Waals surface area contributed by atoms with E-state index >= 15 is 0 Å². The third kappa shape index (κ3) is 3.74. The van der Waals surface area contributed by atoms with E-state index in [1.54, 1.807) is 6.07 Å². The molecule has 2 aliphatic heterocycles. The fourth-order valence-corrected chi connectivity index (χ4v) is 7.52. The van der Waals surface area contributed by atoms with Gasteiger partial charge in [-0.3, -0.25) is 9.20 Å². The zero-order valence-electron chi connectivity index (χ0n) is 22.5. The van der Waals surface area contributed by atoms with Gasteiger partial charge in [-0.1, -0.05) is 54.1 Å². The van der Waals surface area contributed by atoms with Crippen LogP contribution in [-0.2, 0) is 21.1 Å². The van der Waals surface area contributed by atoms with Gasteiger partial charge in [0.1, 0.15) is 34.6 Å². The Bertz CT molecular complexity index is 1770. The summed E-state index contributed by atoms with van der Waals surface area (Å²) < 4.78 is 47.8. The zero-order chi connectivity index (χ0) is 29.0. The Kier molecular flexibility index (Phi) is 5.39. The summed E-state index contributed by atoms with van der Waals surface area (Å²) in [5, 5.41) is 0.379. The van der Waals surface area contributed by atoms with Crippen LogP contribution in [0.4, 0.5) is 19.0 Å². The fourth-order valence-electron chi connectivity index (χ4n) is 7.30. The number of carbonyl (C=O) groups is 1. The average Bonchev–Trinajstić information content (AvgIpc) is 3.89. The Morgan fingerprint density at radius 1 is 1.07 bits per heavy atom. The smallest absolute Gasteiger partial charge is 0.382 e. The van der Waals surface area contributed by atoms with Crippen molar-refractivity contribution < 1.29 is 22.7 Å². The number of nitrogens with zero attached hydrogens (tertiary/aromatic N) is 4. The minimum atomic E-state index is -4.39. The summed E-state index contributed by atoms with van der Waals surface area (Å²) in [4.78, 5) is 24.1. The van der Waals surface area contributed by atoms with Crippen LogP contribution < -0.4 is 5.73 Å². The summed E-state index contributed by atoms with van der Waals surface area (Å²) in [5.74, 6) is 0.982. The fraction of sp³-hybridized carbons (Fsp3) is 0.387. The van der Waals surface area contributed by atoms with Gasteiger partial charge in [-0.15, -0.1) is 0 Å². The summed E-state index contributed by atoms with van der Waals surface area (Å²) in [6, 6.07) is 13.4. The number of amides is 1. The van der Waals surface area contributed by atoms with Crippen LogP contribution in [0.15, 0.2) is 54.7 Å². The van der Waals surface area contributed by atoms with Crippen molar-refractivity contribution in [3.8, 4) is 11.3 Å². The standard InChI is InChI=1S/C31H27ClF3N5O2/c32-23-14-37-27(36)26-25(38-28(40(23)26)18-8-9-30-13-22(30)42-16-24(41)39(30)15-18)17-4-6-19(7-5-17)29(10-11-29)20-2-1-3-21(12-20)31(33,34)35/h1-7,12,14,18,22H,8-11,13,15-16H2,(H2,36,37)/t18-,22?,30?/m0/s1. The molecule has 11 heteroatoms. The zero-order valence-corrected chi connectivity index (χ0v) is 23.3. The Labute approximate surface area is 244 Å². The van der Waals surface area contributed by atoms with E-state index in [0.717, 1.165) is 55.1 Å². The molecular formula is C31H27ClF3N5O2. The van der Waals surface area contributed by atoms with Gasteiger partial charge >= 0.3 is 6.18 Å². The summed E-state index contributed by atoms with van der Waals surface area (Å²) in [7, 11) is 0. The third-order valence-electron chi connectivity index (χ3n) is 9.79. The van der Waals surface area contributed by atoms with E-state index in [9.17, 15) is 18.0 Å². The molecule has 4 aliphatic rings. The normalized spacial score (nSPS) is 26.2. The van der Waals surface area contributed by atoms with Crippen LogP contribution >= 0.6 is 11.6 Å². The second-order valence-corrected chi connectivity index (χ2v) is 12.4. The average molecular weight is 594 g/mol. The highest BCUT2D eigenvalue weighted by Gasteiger charge is 2.65. The molecule has 4 aromatic rings. The van der Waals surface area contributed by atoms with Gasteiger partial charge in [0.25, 0.3) is 0 Å². The maximum absolute atomic E-state index is 13.4. The molecule has 3 atom stereocenters. The number of rotatable bonds is 4. The van der Waals surface area contributed by atoms with Crippen molar-refractivity contribution >= 4 is 28.8 Å². The van der Waals surface area contributed by atoms with Crippen molar-refractivity contribution in [2.24, 2.45) is 0 Å². The van der Waals surface area contributed by atoms with E-state index in [1.807, 2.05) is 33.6 Å². The number of fused-ring (bicyclic) bond motifs is 1. The van der Waals surface area contributed by atoms with Crippen LogP contribution in [0.2, 0.25) is 5.15 Å². The van der Waals surface area contributed by atoms with Crippen LogP contribution in [-0.4, -0.2) is 50.0 Å². The predicted molar refractivity (Wildman–Crippen MR) is 150 cm³/mol. The molecule has 2 aromatic carbocycles. The number of anilines is 1. The topological polar surface area (TPSA) is 85.8 Å². The first-order valence-electron chi connectivity index (χ1n) is 14.1. The number of imidazole rings is 1. The molecule has 2 N–H and O–H groups in total. The molecule has 2 saturated carbocycles. The number of aromatic nitrogens is 3. The number of benzene rings is 2. The predicted octanol–water partition coefficient (Wildman–Crippen LogP) is 5.98. The molecule has 216 valence electrons.